The molecule has 1 aliphatic heterocycles. The molecule has 0 bridgehead atoms. The molecule has 1 atom stereocenters. The van der Waals surface area contributed by atoms with Crippen LogP contribution in [0.2, 0.25) is 0 Å². The van der Waals surface area contributed by atoms with E-state index in [0.29, 0.717) is 17.1 Å². The fourth-order valence-corrected chi connectivity index (χ4v) is 4.90. The minimum Gasteiger partial charge on any atom is -0.274 e. The summed E-state index contributed by atoms with van der Waals surface area (Å²) < 4.78 is 29.4. The van der Waals surface area contributed by atoms with Gasteiger partial charge in [0.1, 0.15) is 10.6 Å². The predicted octanol–water partition coefficient (Wildman–Crippen LogP) is 2.65. The maximum atomic E-state index is 13.1. The largest absolute Gasteiger partial charge is 0.274 e. The molecule has 2 aromatic rings. The molecular weight excluding hydrogens is 298 g/mol. The summed E-state index contributed by atoms with van der Waals surface area (Å²) in [5.74, 6) is 0. The smallest absolute Gasteiger partial charge is 0.247 e. The Kier molecular flexibility index (Phi) is 4.06. The van der Waals surface area contributed by atoms with Crippen LogP contribution in [0.15, 0.2) is 41.4 Å². The van der Waals surface area contributed by atoms with E-state index in [1.807, 2.05) is 37.3 Å². The van der Waals surface area contributed by atoms with Gasteiger partial charge in [-0.2, -0.15) is 9.40 Å². The average molecular weight is 319 g/mol. The molecule has 0 N–H and O–H groups in total. The minimum atomic E-state index is -3.52. The molecule has 0 radical (unpaired) electrons. The van der Waals surface area contributed by atoms with Gasteiger partial charge in [0.05, 0.1) is 0 Å². The Morgan fingerprint density at radius 1 is 1.18 bits per heavy atom. The van der Waals surface area contributed by atoms with Crippen molar-refractivity contribution in [3.63, 3.8) is 0 Å². The molecule has 0 aliphatic carbocycles. The fraction of sp³-hybridized carbons (Fsp3) is 0.438. The lowest BCUT2D eigenvalue weighted by atomic mass is 10.1. The summed E-state index contributed by atoms with van der Waals surface area (Å²) in [4.78, 5) is 0.301. The van der Waals surface area contributed by atoms with Crippen molar-refractivity contribution in [2.24, 2.45) is 7.05 Å². The Labute approximate surface area is 131 Å². The number of aromatic nitrogens is 2. The Morgan fingerprint density at radius 3 is 2.59 bits per heavy atom. The van der Waals surface area contributed by atoms with Gasteiger partial charge in [-0.3, -0.25) is 4.68 Å². The summed E-state index contributed by atoms with van der Waals surface area (Å²) >= 11 is 0. The highest BCUT2D eigenvalue weighted by Crippen LogP contribution is 2.31. The molecule has 118 valence electrons. The van der Waals surface area contributed by atoms with E-state index < -0.39 is 10.0 Å². The van der Waals surface area contributed by atoms with Crippen molar-refractivity contribution in [2.75, 3.05) is 6.54 Å². The third-order valence-electron chi connectivity index (χ3n) is 4.17. The number of aryl methyl sites for hydroxylation is 1. The second kappa shape index (κ2) is 5.85. The van der Waals surface area contributed by atoms with Crippen LogP contribution in [0.3, 0.4) is 0 Å². The first-order valence-corrected chi connectivity index (χ1v) is 9.05. The molecule has 1 saturated heterocycles. The van der Waals surface area contributed by atoms with Crippen LogP contribution in [-0.4, -0.2) is 35.1 Å². The number of hydrogen-bond donors (Lipinski definition) is 0. The summed E-state index contributed by atoms with van der Waals surface area (Å²) in [6, 6.07) is 9.52. The molecule has 3 rings (SSSR count). The van der Waals surface area contributed by atoms with E-state index in [0.717, 1.165) is 24.8 Å². The van der Waals surface area contributed by atoms with Crippen molar-refractivity contribution >= 4 is 10.0 Å². The van der Waals surface area contributed by atoms with Crippen LogP contribution in [-0.2, 0) is 17.1 Å². The van der Waals surface area contributed by atoms with Crippen molar-refractivity contribution in [3.8, 4) is 11.3 Å². The Bertz CT molecular complexity index is 753. The van der Waals surface area contributed by atoms with E-state index in [2.05, 4.69) is 5.10 Å². The van der Waals surface area contributed by atoms with Gasteiger partial charge in [-0.25, -0.2) is 8.42 Å². The zero-order valence-corrected chi connectivity index (χ0v) is 13.8. The molecular formula is C16H21N3O2S. The number of benzene rings is 1. The Hall–Kier alpha value is -1.66. The van der Waals surface area contributed by atoms with Gasteiger partial charge in [-0.05, 0) is 19.8 Å². The molecule has 1 aromatic carbocycles. The van der Waals surface area contributed by atoms with E-state index in [-0.39, 0.29) is 6.04 Å². The highest BCUT2D eigenvalue weighted by Gasteiger charge is 2.34. The van der Waals surface area contributed by atoms with E-state index in [1.54, 1.807) is 22.2 Å². The monoisotopic (exact) mass is 319 g/mol. The maximum absolute atomic E-state index is 13.1. The van der Waals surface area contributed by atoms with E-state index in [9.17, 15) is 8.42 Å². The van der Waals surface area contributed by atoms with E-state index in [4.69, 9.17) is 0 Å². The lowest BCUT2D eigenvalue weighted by Crippen LogP contribution is -2.41. The van der Waals surface area contributed by atoms with Gasteiger partial charge in [0, 0.05) is 31.4 Å². The maximum Gasteiger partial charge on any atom is 0.247 e. The van der Waals surface area contributed by atoms with Gasteiger partial charge in [-0.15, -0.1) is 0 Å². The molecule has 1 unspecified atom stereocenters. The first-order chi connectivity index (χ1) is 10.5. The van der Waals surface area contributed by atoms with Crippen molar-refractivity contribution in [1.29, 1.82) is 0 Å². The van der Waals surface area contributed by atoms with E-state index in [1.165, 1.54) is 0 Å². The summed E-state index contributed by atoms with van der Waals surface area (Å²) in [6.07, 6.45) is 4.54. The Morgan fingerprint density at radius 2 is 1.91 bits per heavy atom. The molecule has 1 aromatic heterocycles. The molecule has 5 nitrogen and oxygen atoms in total. The number of nitrogens with zero attached hydrogens (tertiary/aromatic N) is 3. The van der Waals surface area contributed by atoms with Crippen molar-refractivity contribution < 1.29 is 8.42 Å². The minimum absolute atomic E-state index is 0.0441. The standard InChI is InChI=1S/C16H21N3O2S/c1-13-8-6-7-11-19(13)22(20,21)15-12-18(2)17-16(15)14-9-4-3-5-10-14/h3-5,9-10,12-13H,6-8,11H2,1-2H3. The number of sulfonamides is 1. The zero-order valence-electron chi connectivity index (χ0n) is 12.9. The van der Waals surface area contributed by atoms with Crippen molar-refractivity contribution in [2.45, 2.75) is 37.1 Å². The highest BCUT2D eigenvalue weighted by molar-refractivity contribution is 7.89. The lowest BCUT2D eigenvalue weighted by Gasteiger charge is -2.32. The third kappa shape index (κ3) is 2.68. The van der Waals surface area contributed by atoms with Crippen molar-refractivity contribution in [3.05, 3.63) is 36.5 Å². The first-order valence-electron chi connectivity index (χ1n) is 7.61. The molecule has 1 fully saturated rings. The topological polar surface area (TPSA) is 55.2 Å². The molecule has 1 aliphatic rings. The zero-order chi connectivity index (χ0) is 15.7. The van der Waals surface area contributed by atoms with Crippen LogP contribution in [0.4, 0.5) is 0 Å². The normalized spacial score (nSPS) is 20.2. The molecule has 0 amide bonds. The summed E-state index contributed by atoms with van der Waals surface area (Å²) in [7, 11) is -1.76. The van der Waals surface area contributed by atoms with Gasteiger partial charge in [0.25, 0.3) is 0 Å². The highest BCUT2D eigenvalue weighted by atomic mass is 32.2. The predicted molar refractivity (Wildman–Crippen MR) is 85.8 cm³/mol. The summed E-state index contributed by atoms with van der Waals surface area (Å²) in [6.45, 7) is 2.57. The molecule has 0 spiro atoms. The quantitative estimate of drug-likeness (QED) is 0.874. The summed E-state index contributed by atoms with van der Waals surface area (Å²) in [5.41, 5.74) is 1.35. The van der Waals surface area contributed by atoms with Gasteiger partial charge in [0.2, 0.25) is 10.0 Å². The van der Waals surface area contributed by atoms with E-state index >= 15 is 0 Å². The van der Waals surface area contributed by atoms with Crippen molar-refractivity contribution in [1.82, 2.24) is 14.1 Å². The van der Waals surface area contributed by atoms with Crippen LogP contribution in [0, 0.1) is 0 Å². The second-order valence-electron chi connectivity index (χ2n) is 5.84. The molecule has 22 heavy (non-hydrogen) atoms. The van der Waals surface area contributed by atoms with Crippen LogP contribution in [0.5, 0.6) is 0 Å². The fourth-order valence-electron chi connectivity index (χ4n) is 3.01. The molecule has 2 heterocycles. The third-order valence-corrected chi connectivity index (χ3v) is 6.19. The number of rotatable bonds is 3. The van der Waals surface area contributed by atoms with Gasteiger partial charge in [-0.1, -0.05) is 36.8 Å². The second-order valence-corrected chi connectivity index (χ2v) is 7.70. The van der Waals surface area contributed by atoms with Crippen LogP contribution in [0.25, 0.3) is 11.3 Å². The molecule has 6 heteroatoms. The summed E-state index contributed by atoms with van der Waals surface area (Å²) in [5, 5.41) is 4.38. The molecule has 0 saturated carbocycles. The average Bonchev–Trinajstić information content (AvgIpc) is 2.91. The van der Waals surface area contributed by atoms with Crippen LogP contribution in [0.1, 0.15) is 26.2 Å². The first kappa shape index (κ1) is 15.2. The number of piperidine rings is 1. The van der Waals surface area contributed by atoms with Crippen LogP contribution >= 0.6 is 0 Å². The van der Waals surface area contributed by atoms with Gasteiger partial charge in [0.15, 0.2) is 0 Å². The Balaban J connectivity index is 2.08. The number of hydrogen-bond acceptors (Lipinski definition) is 3. The lowest BCUT2D eigenvalue weighted by molar-refractivity contribution is 0.269. The van der Waals surface area contributed by atoms with Gasteiger partial charge < -0.3 is 0 Å². The van der Waals surface area contributed by atoms with Gasteiger partial charge >= 0.3 is 0 Å². The SMILES string of the molecule is CC1CCCCN1S(=O)(=O)c1cn(C)nc1-c1ccccc1. The van der Waals surface area contributed by atoms with Crippen LogP contribution < -0.4 is 0 Å².